The minimum absolute atomic E-state index is 0.213. The Hall–Kier alpha value is -1.75. The molecule has 86 valence electrons. The van der Waals surface area contributed by atoms with E-state index in [0.717, 1.165) is 16.9 Å². The van der Waals surface area contributed by atoms with E-state index in [4.69, 9.17) is 20.3 Å². The van der Waals surface area contributed by atoms with Crippen LogP contribution in [0.5, 0.6) is 11.5 Å². The summed E-state index contributed by atoms with van der Waals surface area (Å²) in [6.07, 6.45) is 0.285. The van der Waals surface area contributed by atoms with Crippen molar-refractivity contribution in [3.05, 3.63) is 23.3 Å². The van der Waals surface area contributed by atoms with E-state index in [9.17, 15) is 4.79 Å². The van der Waals surface area contributed by atoms with Crippen LogP contribution in [0.15, 0.2) is 12.1 Å². The molecule has 1 unspecified atom stereocenters. The molecule has 1 atom stereocenters. The van der Waals surface area contributed by atoms with Gasteiger partial charge in [0.05, 0.1) is 0 Å². The summed E-state index contributed by atoms with van der Waals surface area (Å²) < 4.78 is 10.5. The van der Waals surface area contributed by atoms with E-state index in [2.05, 4.69) is 0 Å². The van der Waals surface area contributed by atoms with Gasteiger partial charge in [0.25, 0.3) is 0 Å². The van der Waals surface area contributed by atoms with Gasteiger partial charge in [0.2, 0.25) is 6.79 Å². The lowest BCUT2D eigenvalue weighted by atomic mass is 10.0. The zero-order valence-corrected chi connectivity index (χ0v) is 8.90. The number of aliphatic carboxylic acids is 1. The van der Waals surface area contributed by atoms with Crippen molar-refractivity contribution in [3.8, 4) is 11.5 Å². The van der Waals surface area contributed by atoms with Crippen LogP contribution >= 0.6 is 0 Å². The second-order valence-electron chi connectivity index (χ2n) is 3.80. The third-order valence-electron chi connectivity index (χ3n) is 2.49. The summed E-state index contributed by atoms with van der Waals surface area (Å²) >= 11 is 0. The van der Waals surface area contributed by atoms with Crippen LogP contribution in [0.25, 0.3) is 0 Å². The zero-order chi connectivity index (χ0) is 11.7. The molecule has 0 saturated heterocycles. The minimum atomic E-state index is -1.00. The molecule has 1 aliphatic rings. The molecule has 0 aliphatic carbocycles. The van der Waals surface area contributed by atoms with Crippen molar-refractivity contribution in [1.82, 2.24) is 0 Å². The molecule has 1 aromatic rings. The predicted molar refractivity (Wildman–Crippen MR) is 56.6 cm³/mol. The van der Waals surface area contributed by atoms with Gasteiger partial charge in [0.1, 0.15) is 6.04 Å². The van der Waals surface area contributed by atoms with Crippen molar-refractivity contribution in [2.75, 3.05) is 6.79 Å². The Bertz CT molecular complexity index is 430. The molecule has 0 radical (unpaired) electrons. The molecule has 2 rings (SSSR count). The highest BCUT2D eigenvalue weighted by molar-refractivity contribution is 5.73. The number of hydrogen-bond acceptors (Lipinski definition) is 4. The third-order valence-corrected chi connectivity index (χ3v) is 2.49. The van der Waals surface area contributed by atoms with Crippen molar-refractivity contribution in [3.63, 3.8) is 0 Å². The molecule has 0 amide bonds. The number of hydrogen-bond donors (Lipinski definition) is 2. The van der Waals surface area contributed by atoms with Crippen LogP contribution in [-0.2, 0) is 11.2 Å². The smallest absolute Gasteiger partial charge is 0.320 e. The van der Waals surface area contributed by atoms with E-state index in [1.54, 1.807) is 6.07 Å². The van der Waals surface area contributed by atoms with Crippen LogP contribution in [-0.4, -0.2) is 23.9 Å². The lowest BCUT2D eigenvalue weighted by Gasteiger charge is -2.08. The number of rotatable bonds is 3. The molecule has 0 bridgehead atoms. The topological polar surface area (TPSA) is 81.8 Å². The Morgan fingerprint density at radius 1 is 1.56 bits per heavy atom. The molecule has 1 aliphatic heterocycles. The maximum Gasteiger partial charge on any atom is 0.320 e. The molecular formula is C11H13NO4. The number of aryl methyl sites for hydroxylation is 1. The van der Waals surface area contributed by atoms with Gasteiger partial charge in [-0.1, -0.05) is 6.07 Å². The molecule has 5 nitrogen and oxygen atoms in total. The van der Waals surface area contributed by atoms with E-state index in [1.807, 2.05) is 13.0 Å². The van der Waals surface area contributed by atoms with Gasteiger partial charge in [-0.2, -0.15) is 0 Å². The summed E-state index contributed by atoms with van der Waals surface area (Å²) in [5.41, 5.74) is 7.25. The summed E-state index contributed by atoms with van der Waals surface area (Å²) in [4.78, 5) is 10.6. The summed E-state index contributed by atoms with van der Waals surface area (Å²) in [6, 6.07) is 2.76. The van der Waals surface area contributed by atoms with Crippen molar-refractivity contribution >= 4 is 5.97 Å². The Kier molecular flexibility index (Phi) is 2.70. The summed E-state index contributed by atoms with van der Waals surface area (Å²) in [5, 5.41) is 8.73. The number of carbonyl (C=O) groups is 1. The Morgan fingerprint density at radius 3 is 3.00 bits per heavy atom. The highest BCUT2D eigenvalue weighted by Crippen LogP contribution is 2.36. The van der Waals surface area contributed by atoms with Crippen molar-refractivity contribution < 1.29 is 19.4 Å². The Balaban J connectivity index is 2.23. The average Bonchev–Trinajstić information content (AvgIpc) is 2.65. The number of ether oxygens (including phenoxy) is 2. The minimum Gasteiger partial charge on any atom is -0.480 e. The number of benzene rings is 1. The van der Waals surface area contributed by atoms with Gasteiger partial charge in [0.15, 0.2) is 11.5 Å². The third kappa shape index (κ3) is 1.94. The largest absolute Gasteiger partial charge is 0.480 e. The van der Waals surface area contributed by atoms with Crippen LogP contribution in [0.3, 0.4) is 0 Å². The van der Waals surface area contributed by atoms with Gasteiger partial charge in [-0.3, -0.25) is 4.79 Å². The number of nitrogens with two attached hydrogens (primary N) is 1. The summed E-state index contributed by atoms with van der Waals surface area (Å²) in [5.74, 6) is 0.385. The fourth-order valence-electron chi connectivity index (χ4n) is 1.72. The average molecular weight is 223 g/mol. The molecule has 0 aromatic heterocycles. The molecular weight excluding hydrogens is 210 g/mol. The maximum atomic E-state index is 10.6. The first-order valence-corrected chi connectivity index (χ1v) is 4.95. The van der Waals surface area contributed by atoms with Crippen molar-refractivity contribution in [2.45, 2.75) is 19.4 Å². The van der Waals surface area contributed by atoms with Gasteiger partial charge in [-0.15, -0.1) is 0 Å². The van der Waals surface area contributed by atoms with E-state index in [1.165, 1.54) is 0 Å². The fourth-order valence-corrected chi connectivity index (χ4v) is 1.72. The van der Waals surface area contributed by atoms with Crippen LogP contribution in [0.1, 0.15) is 11.1 Å². The van der Waals surface area contributed by atoms with Crippen LogP contribution in [0, 0.1) is 6.92 Å². The maximum absolute atomic E-state index is 10.6. The number of carboxylic acids is 1. The number of fused-ring (bicyclic) bond motifs is 1. The lowest BCUT2D eigenvalue weighted by Crippen LogP contribution is -2.32. The monoisotopic (exact) mass is 223 g/mol. The summed E-state index contributed by atoms with van der Waals surface area (Å²) in [7, 11) is 0. The van der Waals surface area contributed by atoms with Gasteiger partial charge in [0, 0.05) is 0 Å². The SMILES string of the molecule is Cc1cc(CC(N)C(=O)O)cc2c1OCO2. The van der Waals surface area contributed by atoms with E-state index < -0.39 is 12.0 Å². The second-order valence-corrected chi connectivity index (χ2v) is 3.80. The van der Waals surface area contributed by atoms with Crippen molar-refractivity contribution in [2.24, 2.45) is 5.73 Å². The molecule has 3 N–H and O–H groups in total. The van der Waals surface area contributed by atoms with Crippen LogP contribution in [0.4, 0.5) is 0 Å². The highest BCUT2D eigenvalue weighted by Gasteiger charge is 2.19. The van der Waals surface area contributed by atoms with Gasteiger partial charge < -0.3 is 20.3 Å². The molecule has 1 aromatic carbocycles. The molecule has 5 heteroatoms. The van der Waals surface area contributed by atoms with Gasteiger partial charge in [-0.25, -0.2) is 0 Å². The standard InChI is InChI=1S/C11H13NO4/c1-6-2-7(3-8(12)11(13)14)4-9-10(6)16-5-15-9/h2,4,8H,3,5,12H2,1H3,(H,13,14). The molecule has 0 fully saturated rings. The second kappa shape index (κ2) is 4.02. The first kappa shape index (κ1) is 10.8. The molecule has 0 saturated carbocycles. The first-order chi connectivity index (χ1) is 7.58. The molecule has 16 heavy (non-hydrogen) atoms. The Labute approximate surface area is 92.8 Å². The van der Waals surface area contributed by atoms with Gasteiger partial charge >= 0.3 is 5.97 Å². The van der Waals surface area contributed by atoms with E-state index in [-0.39, 0.29) is 13.2 Å². The number of carboxylic acid groups (broad SMARTS) is 1. The normalized spacial score (nSPS) is 14.9. The fraction of sp³-hybridized carbons (Fsp3) is 0.364. The van der Waals surface area contributed by atoms with E-state index in [0.29, 0.717) is 5.75 Å². The van der Waals surface area contributed by atoms with E-state index >= 15 is 0 Å². The molecule has 0 spiro atoms. The molecule has 1 heterocycles. The highest BCUT2D eigenvalue weighted by atomic mass is 16.7. The van der Waals surface area contributed by atoms with Crippen molar-refractivity contribution in [1.29, 1.82) is 0 Å². The lowest BCUT2D eigenvalue weighted by molar-refractivity contribution is -0.138. The first-order valence-electron chi connectivity index (χ1n) is 4.95. The van der Waals surface area contributed by atoms with Gasteiger partial charge in [-0.05, 0) is 30.5 Å². The van der Waals surface area contributed by atoms with Crippen LogP contribution < -0.4 is 15.2 Å². The Morgan fingerprint density at radius 2 is 2.31 bits per heavy atom. The van der Waals surface area contributed by atoms with Crippen LogP contribution in [0.2, 0.25) is 0 Å². The quantitative estimate of drug-likeness (QED) is 0.787. The summed E-state index contributed by atoms with van der Waals surface area (Å²) in [6.45, 7) is 2.11. The predicted octanol–water partition coefficient (Wildman–Crippen LogP) is 0.678. The zero-order valence-electron chi connectivity index (χ0n) is 8.90.